The maximum absolute atomic E-state index is 12.5. The van der Waals surface area contributed by atoms with E-state index in [1.165, 1.54) is 0 Å². The highest BCUT2D eigenvalue weighted by Crippen LogP contribution is 2.19. The molecule has 0 aromatic carbocycles. The van der Waals surface area contributed by atoms with E-state index in [9.17, 15) is 17.2 Å². The zero-order valence-corrected chi connectivity index (χ0v) is 10.8. The third kappa shape index (κ3) is 4.15. The zero-order chi connectivity index (χ0) is 12.9. The maximum Gasteiger partial charge on any atom is 0.350 e. The number of nitrogens with zero attached hydrogens (tertiary/aromatic N) is 1. The largest absolute Gasteiger partial charge is 0.350 e. The van der Waals surface area contributed by atoms with Crippen LogP contribution in [0.25, 0.3) is 0 Å². The molecule has 1 fully saturated rings. The zero-order valence-electron chi connectivity index (χ0n) is 10.0. The number of nitrogens with one attached hydrogen (secondary N) is 1. The quantitative estimate of drug-likeness (QED) is 0.790. The number of halogens is 2. The Hall–Kier alpha value is -0.270. The van der Waals surface area contributed by atoms with Crippen LogP contribution in [-0.4, -0.2) is 44.7 Å². The Morgan fingerprint density at radius 1 is 1.35 bits per heavy atom. The number of sulfonamides is 1. The van der Waals surface area contributed by atoms with Crippen molar-refractivity contribution in [2.45, 2.75) is 31.9 Å². The molecule has 0 spiro atoms. The minimum Gasteiger partial charge on any atom is -0.317 e. The fourth-order valence-electron chi connectivity index (χ4n) is 2.04. The van der Waals surface area contributed by atoms with Crippen LogP contribution in [0.4, 0.5) is 8.78 Å². The molecule has 1 N–H and O–H groups in total. The molecule has 1 saturated heterocycles. The van der Waals surface area contributed by atoms with E-state index in [0.717, 1.165) is 30.2 Å². The highest BCUT2D eigenvalue weighted by Gasteiger charge is 2.33. The van der Waals surface area contributed by atoms with Crippen LogP contribution in [0.5, 0.6) is 0 Å². The van der Waals surface area contributed by atoms with Crippen LogP contribution >= 0.6 is 0 Å². The highest BCUT2D eigenvalue weighted by molar-refractivity contribution is 7.89. The Morgan fingerprint density at radius 3 is 2.41 bits per heavy atom. The van der Waals surface area contributed by atoms with Gasteiger partial charge in [-0.3, -0.25) is 0 Å². The number of piperidine rings is 1. The van der Waals surface area contributed by atoms with Gasteiger partial charge in [0.05, 0.1) is 0 Å². The lowest BCUT2D eigenvalue weighted by molar-refractivity contribution is 0.209. The summed E-state index contributed by atoms with van der Waals surface area (Å²) in [6.07, 6.45) is 2.24. The summed E-state index contributed by atoms with van der Waals surface area (Å²) >= 11 is 0. The summed E-state index contributed by atoms with van der Waals surface area (Å²) in [6.45, 7) is 3.86. The molecule has 1 aliphatic rings. The summed E-state index contributed by atoms with van der Waals surface area (Å²) in [5.41, 5.74) is 0. The smallest absolute Gasteiger partial charge is 0.317 e. The lowest BCUT2D eigenvalue weighted by Crippen LogP contribution is -2.41. The third-order valence-electron chi connectivity index (χ3n) is 2.98. The molecular formula is C10H20F2N2O2S. The lowest BCUT2D eigenvalue weighted by atomic mass is 9.98. The molecule has 0 unspecified atom stereocenters. The van der Waals surface area contributed by atoms with E-state index in [4.69, 9.17) is 0 Å². The second-order valence-corrected chi connectivity index (χ2v) is 6.26. The number of rotatable bonds is 6. The Bertz CT molecular complexity index is 316. The third-order valence-corrected chi connectivity index (χ3v) is 4.48. The average Bonchev–Trinajstić information content (AvgIpc) is 2.29. The molecule has 1 heterocycles. The van der Waals surface area contributed by atoms with Crippen molar-refractivity contribution in [2.75, 3.05) is 26.2 Å². The predicted octanol–water partition coefficient (Wildman–Crippen LogP) is 1.25. The Morgan fingerprint density at radius 2 is 1.94 bits per heavy atom. The van der Waals surface area contributed by atoms with Gasteiger partial charge in [0.1, 0.15) is 0 Å². The molecule has 0 saturated carbocycles. The fourth-order valence-corrected chi connectivity index (χ4v) is 3.12. The van der Waals surface area contributed by atoms with Crippen LogP contribution in [0, 0.1) is 5.92 Å². The van der Waals surface area contributed by atoms with Gasteiger partial charge in [-0.1, -0.05) is 6.92 Å². The molecule has 102 valence electrons. The molecule has 4 nitrogen and oxygen atoms in total. The minimum atomic E-state index is -4.42. The summed E-state index contributed by atoms with van der Waals surface area (Å²) in [5.74, 6) is -3.12. The summed E-state index contributed by atoms with van der Waals surface area (Å²) in [7, 11) is -4.42. The molecule has 1 aliphatic heterocycles. The second kappa shape index (κ2) is 6.61. The van der Waals surface area contributed by atoms with Crippen molar-refractivity contribution in [3.8, 4) is 0 Å². The van der Waals surface area contributed by atoms with Crippen LogP contribution in [0.2, 0.25) is 0 Å². The van der Waals surface area contributed by atoms with E-state index >= 15 is 0 Å². The first kappa shape index (κ1) is 14.8. The summed E-state index contributed by atoms with van der Waals surface area (Å²) in [6, 6.07) is 0. The molecule has 0 atom stereocenters. The summed E-state index contributed by atoms with van der Waals surface area (Å²) in [5, 5.41) is 3.17. The number of hydrogen-bond acceptors (Lipinski definition) is 3. The van der Waals surface area contributed by atoms with Gasteiger partial charge in [0, 0.05) is 13.1 Å². The first-order valence-corrected chi connectivity index (χ1v) is 7.46. The van der Waals surface area contributed by atoms with Crippen LogP contribution in [0.1, 0.15) is 26.2 Å². The predicted molar refractivity (Wildman–Crippen MR) is 62.4 cm³/mol. The van der Waals surface area contributed by atoms with Crippen LogP contribution in [0.3, 0.4) is 0 Å². The first-order valence-electron chi connectivity index (χ1n) is 5.96. The molecule has 0 bridgehead atoms. The molecular weight excluding hydrogens is 250 g/mol. The molecule has 0 aliphatic carbocycles. The lowest BCUT2D eigenvalue weighted by Gasteiger charge is -2.29. The topological polar surface area (TPSA) is 49.4 Å². The monoisotopic (exact) mass is 270 g/mol. The van der Waals surface area contributed by atoms with E-state index in [2.05, 4.69) is 5.32 Å². The van der Waals surface area contributed by atoms with Gasteiger partial charge in [0.15, 0.2) is 0 Å². The van der Waals surface area contributed by atoms with Gasteiger partial charge in [-0.15, -0.1) is 0 Å². The molecule has 1 rings (SSSR count). The normalized spacial score (nSPS) is 19.1. The fraction of sp³-hybridized carbons (Fsp3) is 1.00. The molecule has 0 aromatic heterocycles. The molecule has 17 heavy (non-hydrogen) atoms. The standard InChI is InChI=1S/C10H20F2N2O2S/c1-2-7-14(17(15,16)10(11)12)8-9-3-5-13-6-4-9/h9-10,13H,2-8H2,1H3. The highest BCUT2D eigenvalue weighted by atomic mass is 32.2. The maximum atomic E-state index is 12.5. The van der Waals surface area contributed by atoms with E-state index in [-0.39, 0.29) is 19.0 Å². The summed E-state index contributed by atoms with van der Waals surface area (Å²) < 4.78 is 48.9. The van der Waals surface area contributed by atoms with Crippen LogP contribution in [0.15, 0.2) is 0 Å². The Labute approximate surface area is 101 Å². The van der Waals surface area contributed by atoms with Crippen LogP contribution in [-0.2, 0) is 10.0 Å². The van der Waals surface area contributed by atoms with Gasteiger partial charge in [-0.2, -0.15) is 13.1 Å². The average molecular weight is 270 g/mol. The SMILES string of the molecule is CCCN(CC1CCNCC1)S(=O)(=O)C(F)F. The van der Waals surface area contributed by atoms with Crippen molar-refractivity contribution < 1.29 is 17.2 Å². The molecule has 0 amide bonds. The summed E-state index contributed by atoms with van der Waals surface area (Å²) in [4.78, 5) is 0. The van der Waals surface area contributed by atoms with Crippen molar-refractivity contribution in [1.82, 2.24) is 9.62 Å². The minimum absolute atomic E-state index is 0.177. The van der Waals surface area contributed by atoms with E-state index < -0.39 is 15.8 Å². The van der Waals surface area contributed by atoms with Crippen molar-refractivity contribution in [1.29, 1.82) is 0 Å². The van der Waals surface area contributed by atoms with Gasteiger partial charge < -0.3 is 5.32 Å². The second-order valence-electron chi connectivity index (χ2n) is 4.36. The first-order chi connectivity index (χ1) is 7.98. The van der Waals surface area contributed by atoms with Crippen molar-refractivity contribution >= 4 is 10.0 Å². The van der Waals surface area contributed by atoms with Gasteiger partial charge in [0.2, 0.25) is 0 Å². The van der Waals surface area contributed by atoms with Gasteiger partial charge in [0.25, 0.3) is 10.0 Å². The molecule has 0 radical (unpaired) electrons. The van der Waals surface area contributed by atoms with Gasteiger partial charge in [-0.25, -0.2) is 8.42 Å². The van der Waals surface area contributed by atoms with Gasteiger partial charge in [-0.05, 0) is 38.3 Å². The van der Waals surface area contributed by atoms with Crippen LogP contribution < -0.4 is 5.32 Å². The van der Waals surface area contributed by atoms with Crippen molar-refractivity contribution in [3.05, 3.63) is 0 Å². The van der Waals surface area contributed by atoms with Crippen molar-refractivity contribution in [2.24, 2.45) is 5.92 Å². The Kier molecular flexibility index (Phi) is 5.75. The molecule has 7 heteroatoms. The number of hydrogen-bond donors (Lipinski definition) is 1. The Balaban J connectivity index is 2.65. The molecule has 0 aromatic rings. The van der Waals surface area contributed by atoms with Gasteiger partial charge >= 0.3 is 5.76 Å². The van der Waals surface area contributed by atoms with E-state index in [0.29, 0.717) is 6.42 Å². The van der Waals surface area contributed by atoms with E-state index in [1.807, 2.05) is 0 Å². The van der Waals surface area contributed by atoms with E-state index in [1.54, 1.807) is 6.92 Å². The van der Waals surface area contributed by atoms with Crippen molar-refractivity contribution in [3.63, 3.8) is 0 Å². The number of alkyl halides is 2.